The highest BCUT2D eigenvalue weighted by Crippen LogP contribution is 2.09. The lowest BCUT2D eigenvalue weighted by Gasteiger charge is -2.11. The Morgan fingerprint density at radius 3 is 2.55 bits per heavy atom. The first-order valence-corrected chi connectivity index (χ1v) is 3.74. The van der Waals surface area contributed by atoms with Crippen molar-refractivity contribution in [1.82, 2.24) is 0 Å². The molecule has 0 aliphatic rings. The van der Waals surface area contributed by atoms with Crippen LogP contribution in [0.4, 0.5) is 0 Å². The molecular weight excluding hydrogens is 138 g/mol. The molecule has 2 N–H and O–H groups in total. The van der Waals surface area contributed by atoms with Crippen molar-refractivity contribution in [3.8, 4) is 5.75 Å². The van der Waals surface area contributed by atoms with Gasteiger partial charge in [-0.3, -0.25) is 0 Å². The van der Waals surface area contributed by atoms with E-state index in [0.717, 1.165) is 5.75 Å². The van der Waals surface area contributed by atoms with E-state index in [1.54, 1.807) is 0 Å². The molecule has 1 atom stereocenters. The van der Waals surface area contributed by atoms with Crippen molar-refractivity contribution in [2.45, 2.75) is 13.0 Å². The Hall–Kier alpha value is -1.02. The first-order valence-electron chi connectivity index (χ1n) is 3.74. The zero-order valence-corrected chi connectivity index (χ0v) is 6.66. The molecule has 0 aliphatic heterocycles. The molecule has 0 saturated carbocycles. The molecule has 1 aromatic rings. The lowest BCUT2D eigenvalue weighted by atomic mass is 10.3. The zero-order chi connectivity index (χ0) is 8.10. The molecule has 60 valence electrons. The molecule has 0 radical (unpaired) electrons. The van der Waals surface area contributed by atoms with Crippen LogP contribution in [0.3, 0.4) is 0 Å². The van der Waals surface area contributed by atoms with Gasteiger partial charge in [0.15, 0.2) is 0 Å². The molecule has 0 aliphatic carbocycles. The summed E-state index contributed by atoms with van der Waals surface area (Å²) in [5, 5.41) is 0. The summed E-state index contributed by atoms with van der Waals surface area (Å²) in [6.07, 6.45) is 0.0948. The summed E-state index contributed by atoms with van der Waals surface area (Å²) in [4.78, 5) is 0. The Kier molecular flexibility index (Phi) is 2.93. The van der Waals surface area contributed by atoms with Crippen LogP contribution in [0.1, 0.15) is 6.92 Å². The van der Waals surface area contributed by atoms with E-state index in [0.29, 0.717) is 6.54 Å². The number of benzene rings is 1. The van der Waals surface area contributed by atoms with E-state index in [-0.39, 0.29) is 6.10 Å². The van der Waals surface area contributed by atoms with Crippen molar-refractivity contribution < 1.29 is 4.74 Å². The van der Waals surface area contributed by atoms with Gasteiger partial charge in [-0.15, -0.1) is 0 Å². The fourth-order valence-electron chi connectivity index (χ4n) is 0.779. The Morgan fingerprint density at radius 1 is 1.36 bits per heavy atom. The molecule has 0 spiro atoms. The van der Waals surface area contributed by atoms with Gasteiger partial charge in [-0.05, 0) is 19.1 Å². The second-order valence-corrected chi connectivity index (χ2v) is 2.48. The number of hydrogen-bond acceptors (Lipinski definition) is 2. The van der Waals surface area contributed by atoms with Crippen LogP contribution in [0.25, 0.3) is 0 Å². The predicted molar refractivity (Wildman–Crippen MR) is 45.6 cm³/mol. The second-order valence-electron chi connectivity index (χ2n) is 2.48. The summed E-state index contributed by atoms with van der Waals surface area (Å²) in [6.45, 7) is 2.50. The van der Waals surface area contributed by atoms with Gasteiger partial charge in [0.25, 0.3) is 0 Å². The van der Waals surface area contributed by atoms with Crippen molar-refractivity contribution in [1.29, 1.82) is 0 Å². The Balaban J connectivity index is 2.51. The van der Waals surface area contributed by atoms with E-state index in [1.165, 1.54) is 0 Å². The van der Waals surface area contributed by atoms with E-state index in [2.05, 4.69) is 0 Å². The van der Waals surface area contributed by atoms with Crippen molar-refractivity contribution >= 4 is 0 Å². The van der Waals surface area contributed by atoms with Crippen LogP contribution in [-0.4, -0.2) is 12.6 Å². The Morgan fingerprint density at radius 2 is 2.00 bits per heavy atom. The van der Waals surface area contributed by atoms with Crippen molar-refractivity contribution in [3.63, 3.8) is 0 Å². The number of rotatable bonds is 3. The third-order valence-corrected chi connectivity index (χ3v) is 1.41. The average Bonchev–Trinajstić information content (AvgIpc) is 2.06. The lowest BCUT2D eigenvalue weighted by Crippen LogP contribution is -2.22. The zero-order valence-electron chi connectivity index (χ0n) is 6.66. The Bertz CT molecular complexity index is 198. The smallest absolute Gasteiger partial charge is 0.119 e. The molecule has 0 saturated heterocycles. The fraction of sp³-hybridized carbons (Fsp3) is 0.333. The summed E-state index contributed by atoms with van der Waals surface area (Å²) in [6, 6.07) is 9.69. The van der Waals surface area contributed by atoms with E-state index in [9.17, 15) is 0 Å². The highest BCUT2D eigenvalue weighted by Gasteiger charge is 1.98. The topological polar surface area (TPSA) is 35.2 Å². The lowest BCUT2D eigenvalue weighted by molar-refractivity contribution is 0.230. The normalized spacial score (nSPS) is 12.5. The summed E-state index contributed by atoms with van der Waals surface area (Å²) < 4.78 is 5.44. The van der Waals surface area contributed by atoms with E-state index >= 15 is 0 Å². The van der Waals surface area contributed by atoms with Crippen LogP contribution in [0.15, 0.2) is 30.3 Å². The molecule has 1 rings (SSSR count). The molecule has 0 amide bonds. The summed E-state index contributed by atoms with van der Waals surface area (Å²) in [5.74, 6) is 0.880. The number of ether oxygens (including phenoxy) is 1. The summed E-state index contributed by atoms with van der Waals surface area (Å²) in [5.41, 5.74) is 5.39. The van der Waals surface area contributed by atoms with Crippen LogP contribution in [0, 0.1) is 0 Å². The highest BCUT2D eigenvalue weighted by molar-refractivity contribution is 5.21. The first kappa shape index (κ1) is 8.08. The van der Waals surface area contributed by atoms with E-state index < -0.39 is 0 Å². The molecule has 0 bridgehead atoms. The molecule has 2 heteroatoms. The monoisotopic (exact) mass is 151 g/mol. The third-order valence-electron chi connectivity index (χ3n) is 1.41. The van der Waals surface area contributed by atoms with Gasteiger partial charge in [-0.1, -0.05) is 18.2 Å². The van der Waals surface area contributed by atoms with Crippen molar-refractivity contribution in [2.75, 3.05) is 6.54 Å². The predicted octanol–water partition coefficient (Wildman–Crippen LogP) is 1.41. The number of hydrogen-bond donors (Lipinski definition) is 1. The maximum Gasteiger partial charge on any atom is 0.119 e. The fourth-order valence-corrected chi connectivity index (χ4v) is 0.779. The van der Waals surface area contributed by atoms with Gasteiger partial charge < -0.3 is 10.5 Å². The van der Waals surface area contributed by atoms with E-state index in [1.807, 2.05) is 37.3 Å². The molecule has 0 unspecified atom stereocenters. The minimum absolute atomic E-state index is 0.0948. The van der Waals surface area contributed by atoms with Crippen LogP contribution >= 0.6 is 0 Å². The van der Waals surface area contributed by atoms with Crippen LogP contribution in [0.2, 0.25) is 0 Å². The quantitative estimate of drug-likeness (QED) is 0.709. The largest absolute Gasteiger partial charge is 0.489 e. The maximum absolute atomic E-state index is 5.44. The van der Waals surface area contributed by atoms with Crippen molar-refractivity contribution in [3.05, 3.63) is 30.3 Å². The number of nitrogens with two attached hydrogens (primary N) is 1. The second kappa shape index (κ2) is 3.98. The van der Waals surface area contributed by atoms with Crippen LogP contribution in [0.5, 0.6) is 5.75 Å². The van der Waals surface area contributed by atoms with Gasteiger partial charge in [-0.25, -0.2) is 0 Å². The average molecular weight is 151 g/mol. The van der Waals surface area contributed by atoms with Crippen LogP contribution in [-0.2, 0) is 0 Å². The number of para-hydroxylation sites is 1. The molecule has 2 nitrogen and oxygen atoms in total. The van der Waals surface area contributed by atoms with Gasteiger partial charge in [0, 0.05) is 6.54 Å². The van der Waals surface area contributed by atoms with Gasteiger partial charge in [0.05, 0.1) is 0 Å². The van der Waals surface area contributed by atoms with Crippen molar-refractivity contribution in [2.24, 2.45) is 5.73 Å². The maximum atomic E-state index is 5.44. The molecule has 0 aromatic heterocycles. The molecule has 0 heterocycles. The molecular formula is C9H13NO. The van der Waals surface area contributed by atoms with Gasteiger partial charge in [0.1, 0.15) is 11.9 Å². The SMILES string of the molecule is C[C@H](CN)Oc1ccccc1. The summed E-state index contributed by atoms with van der Waals surface area (Å²) in [7, 11) is 0. The third kappa shape index (κ3) is 2.60. The standard InChI is InChI=1S/C9H13NO/c1-8(7-10)11-9-5-3-2-4-6-9/h2-6,8H,7,10H2,1H3/t8-/m1/s1. The first-order chi connectivity index (χ1) is 5.33. The highest BCUT2D eigenvalue weighted by atomic mass is 16.5. The minimum Gasteiger partial charge on any atom is -0.489 e. The van der Waals surface area contributed by atoms with Gasteiger partial charge in [0.2, 0.25) is 0 Å². The molecule has 11 heavy (non-hydrogen) atoms. The van der Waals surface area contributed by atoms with Gasteiger partial charge >= 0.3 is 0 Å². The van der Waals surface area contributed by atoms with Gasteiger partial charge in [-0.2, -0.15) is 0 Å². The van der Waals surface area contributed by atoms with E-state index in [4.69, 9.17) is 10.5 Å². The minimum atomic E-state index is 0.0948. The van der Waals surface area contributed by atoms with Crippen LogP contribution < -0.4 is 10.5 Å². The molecule has 1 aromatic carbocycles. The molecule has 0 fully saturated rings. The summed E-state index contributed by atoms with van der Waals surface area (Å²) >= 11 is 0. The Labute approximate surface area is 67.0 Å².